The molecule has 0 amide bonds. The van der Waals surface area contributed by atoms with E-state index in [1.54, 1.807) is 12.5 Å². The quantitative estimate of drug-likeness (QED) is 0.659. The first-order valence-electron chi connectivity index (χ1n) is 4.49. The molecule has 0 radical (unpaired) electrons. The van der Waals surface area contributed by atoms with Gasteiger partial charge in [0, 0.05) is 0 Å². The Morgan fingerprint density at radius 3 is 2.57 bits per heavy atom. The molecule has 2 aromatic rings. The summed E-state index contributed by atoms with van der Waals surface area (Å²) in [7, 11) is 0. The Labute approximate surface area is 82.9 Å². The van der Waals surface area contributed by atoms with Crippen molar-refractivity contribution in [3.8, 4) is 0 Å². The van der Waals surface area contributed by atoms with Gasteiger partial charge in [-0.3, -0.25) is 4.99 Å². The van der Waals surface area contributed by atoms with E-state index in [0.717, 1.165) is 11.4 Å². The lowest BCUT2D eigenvalue weighted by atomic mass is 10.2. The second kappa shape index (κ2) is 3.92. The molecule has 14 heavy (non-hydrogen) atoms. The lowest BCUT2D eigenvalue weighted by molar-refractivity contribution is 0.560. The average molecular weight is 185 g/mol. The molecule has 2 heteroatoms. The van der Waals surface area contributed by atoms with Crippen LogP contribution in [0.3, 0.4) is 0 Å². The maximum absolute atomic E-state index is 5.13. The van der Waals surface area contributed by atoms with Crippen LogP contribution in [0.1, 0.15) is 11.3 Å². The van der Waals surface area contributed by atoms with Crippen LogP contribution in [-0.4, -0.2) is 6.21 Å². The number of rotatable bonds is 2. The number of aryl methyl sites for hydroxylation is 1. The van der Waals surface area contributed by atoms with E-state index < -0.39 is 0 Å². The molecule has 0 aliphatic carbocycles. The molecule has 0 aliphatic heterocycles. The van der Waals surface area contributed by atoms with Crippen LogP contribution >= 0.6 is 0 Å². The maximum Gasteiger partial charge on any atom is 0.144 e. The van der Waals surface area contributed by atoms with Crippen molar-refractivity contribution >= 4 is 11.9 Å². The molecule has 0 fully saturated rings. The van der Waals surface area contributed by atoms with Gasteiger partial charge in [-0.05, 0) is 31.2 Å². The molecular formula is C12H11NO. The highest BCUT2D eigenvalue weighted by molar-refractivity contribution is 5.78. The van der Waals surface area contributed by atoms with Crippen molar-refractivity contribution in [3.63, 3.8) is 0 Å². The third kappa shape index (κ3) is 2.10. The van der Waals surface area contributed by atoms with E-state index in [1.807, 2.05) is 36.4 Å². The SMILES string of the molecule is Cc1ccc(/N=C/c2ccco2)cc1. The Balaban J connectivity index is 2.15. The van der Waals surface area contributed by atoms with E-state index in [2.05, 4.69) is 11.9 Å². The van der Waals surface area contributed by atoms with Gasteiger partial charge < -0.3 is 4.42 Å². The summed E-state index contributed by atoms with van der Waals surface area (Å²) >= 11 is 0. The zero-order chi connectivity index (χ0) is 9.80. The number of benzene rings is 1. The zero-order valence-electron chi connectivity index (χ0n) is 7.97. The van der Waals surface area contributed by atoms with Gasteiger partial charge in [0.1, 0.15) is 5.76 Å². The molecule has 0 aliphatic rings. The summed E-state index contributed by atoms with van der Waals surface area (Å²) in [6, 6.07) is 11.8. The van der Waals surface area contributed by atoms with Crippen LogP contribution in [0, 0.1) is 6.92 Å². The summed E-state index contributed by atoms with van der Waals surface area (Å²) in [4.78, 5) is 4.27. The van der Waals surface area contributed by atoms with Crippen molar-refractivity contribution in [1.29, 1.82) is 0 Å². The van der Waals surface area contributed by atoms with E-state index in [9.17, 15) is 0 Å². The van der Waals surface area contributed by atoms with Gasteiger partial charge in [0.2, 0.25) is 0 Å². The van der Waals surface area contributed by atoms with Crippen molar-refractivity contribution < 1.29 is 4.42 Å². The van der Waals surface area contributed by atoms with Gasteiger partial charge in [-0.1, -0.05) is 17.7 Å². The van der Waals surface area contributed by atoms with Gasteiger partial charge >= 0.3 is 0 Å². The largest absolute Gasteiger partial charge is 0.463 e. The number of hydrogen-bond acceptors (Lipinski definition) is 2. The highest BCUT2D eigenvalue weighted by Gasteiger charge is 1.90. The molecule has 0 N–H and O–H groups in total. The molecule has 1 heterocycles. The lowest BCUT2D eigenvalue weighted by Crippen LogP contribution is -1.74. The Bertz CT molecular complexity index is 412. The fourth-order valence-electron chi connectivity index (χ4n) is 1.13. The molecule has 1 aromatic carbocycles. The first kappa shape index (κ1) is 8.75. The van der Waals surface area contributed by atoms with Crippen molar-refractivity contribution in [2.75, 3.05) is 0 Å². The van der Waals surface area contributed by atoms with Crippen molar-refractivity contribution in [3.05, 3.63) is 54.0 Å². The van der Waals surface area contributed by atoms with E-state index in [4.69, 9.17) is 4.42 Å². The average Bonchev–Trinajstić information content (AvgIpc) is 2.70. The van der Waals surface area contributed by atoms with E-state index in [-0.39, 0.29) is 0 Å². The zero-order valence-corrected chi connectivity index (χ0v) is 7.97. The topological polar surface area (TPSA) is 25.5 Å². The predicted octanol–water partition coefficient (Wildman–Crippen LogP) is 3.34. The van der Waals surface area contributed by atoms with E-state index >= 15 is 0 Å². The maximum atomic E-state index is 5.13. The normalized spacial score (nSPS) is 10.9. The van der Waals surface area contributed by atoms with Gasteiger partial charge in [-0.25, -0.2) is 0 Å². The number of nitrogens with zero attached hydrogens (tertiary/aromatic N) is 1. The Morgan fingerprint density at radius 2 is 1.93 bits per heavy atom. The molecule has 0 atom stereocenters. The van der Waals surface area contributed by atoms with Gasteiger partial charge in [-0.2, -0.15) is 0 Å². The molecule has 0 bridgehead atoms. The fraction of sp³-hybridized carbons (Fsp3) is 0.0833. The second-order valence-corrected chi connectivity index (χ2v) is 3.11. The Morgan fingerprint density at radius 1 is 1.14 bits per heavy atom. The molecule has 0 saturated carbocycles. The highest BCUT2D eigenvalue weighted by atomic mass is 16.3. The van der Waals surface area contributed by atoms with Crippen LogP contribution in [0.15, 0.2) is 52.1 Å². The van der Waals surface area contributed by atoms with Crippen molar-refractivity contribution in [2.24, 2.45) is 4.99 Å². The smallest absolute Gasteiger partial charge is 0.144 e. The van der Waals surface area contributed by atoms with Crippen molar-refractivity contribution in [2.45, 2.75) is 6.92 Å². The molecule has 0 spiro atoms. The summed E-state index contributed by atoms with van der Waals surface area (Å²) in [6.45, 7) is 2.06. The summed E-state index contributed by atoms with van der Waals surface area (Å²) in [6.07, 6.45) is 3.35. The fourth-order valence-corrected chi connectivity index (χ4v) is 1.13. The number of aliphatic imine (C=N–C) groups is 1. The van der Waals surface area contributed by atoms with Crippen molar-refractivity contribution in [1.82, 2.24) is 0 Å². The molecule has 0 saturated heterocycles. The first-order chi connectivity index (χ1) is 6.84. The van der Waals surface area contributed by atoms with Crippen LogP contribution in [0.4, 0.5) is 5.69 Å². The summed E-state index contributed by atoms with van der Waals surface area (Å²) in [5.41, 5.74) is 2.17. The summed E-state index contributed by atoms with van der Waals surface area (Å²) < 4.78 is 5.13. The molecular weight excluding hydrogens is 174 g/mol. The number of hydrogen-bond donors (Lipinski definition) is 0. The first-order valence-corrected chi connectivity index (χ1v) is 4.49. The summed E-state index contributed by atoms with van der Waals surface area (Å²) in [5, 5.41) is 0. The Hall–Kier alpha value is -1.83. The Kier molecular flexibility index (Phi) is 2.45. The molecule has 2 rings (SSSR count). The van der Waals surface area contributed by atoms with Crippen LogP contribution in [-0.2, 0) is 0 Å². The van der Waals surface area contributed by atoms with Gasteiger partial charge in [0.15, 0.2) is 0 Å². The van der Waals surface area contributed by atoms with Gasteiger partial charge in [-0.15, -0.1) is 0 Å². The van der Waals surface area contributed by atoms with Crippen LogP contribution < -0.4 is 0 Å². The van der Waals surface area contributed by atoms with Gasteiger partial charge in [0.25, 0.3) is 0 Å². The van der Waals surface area contributed by atoms with Gasteiger partial charge in [0.05, 0.1) is 18.2 Å². The van der Waals surface area contributed by atoms with Crippen LogP contribution in [0.25, 0.3) is 0 Å². The third-order valence-electron chi connectivity index (χ3n) is 1.92. The lowest BCUT2D eigenvalue weighted by Gasteiger charge is -1.93. The van der Waals surface area contributed by atoms with Crippen LogP contribution in [0.2, 0.25) is 0 Å². The third-order valence-corrected chi connectivity index (χ3v) is 1.92. The van der Waals surface area contributed by atoms with Crippen LogP contribution in [0.5, 0.6) is 0 Å². The highest BCUT2D eigenvalue weighted by Crippen LogP contribution is 2.12. The second-order valence-electron chi connectivity index (χ2n) is 3.11. The standard InChI is InChI=1S/C12H11NO/c1-10-4-6-11(7-5-10)13-9-12-3-2-8-14-12/h2-9H,1H3/b13-9+. The minimum atomic E-state index is 0.769. The molecule has 0 unspecified atom stereocenters. The molecule has 2 nitrogen and oxygen atoms in total. The summed E-state index contributed by atoms with van der Waals surface area (Å²) in [5.74, 6) is 0.769. The minimum absolute atomic E-state index is 0.769. The number of furan rings is 1. The van der Waals surface area contributed by atoms with E-state index in [1.165, 1.54) is 5.56 Å². The predicted molar refractivity (Wildman–Crippen MR) is 57.1 cm³/mol. The molecule has 1 aromatic heterocycles. The monoisotopic (exact) mass is 185 g/mol. The minimum Gasteiger partial charge on any atom is -0.463 e. The van der Waals surface area contributed by atoms with E-state index in [0.29, 0.717) is 0 Å². The molecule has 70 valence electrons.